The number of nitro groups is 1. The predicted octanol–water partition coefficient (Wildman–Crippen LogP) is 6.77. The highest BCUT2D eigenvalue weighted by Gasteiger charge is 2.15. The van der Waals surface area contributed by atoms with Gasteiger partial charge in [0.05, 0.1) is 20.0 Å². The summed E-state index contributed by atoms with van der Waals surface area (Å²) in [6, 6.07) is 17.8. The lowest BCUT2D eigenvalue weighted by Crippen LogP contribution is -1.89. The van der Waals surface area contributed by atoms with Gasteiger partial charge in [0.1, 0.15) is 22.6 Å². The van der Waals surface area contributed by atoms with Crippen molar-refractivity contribution < 1.29 is 9.34 Å². The molecular formula is C20H10ClN3O3S2. The quantitative estimate of drug-likeness (QED) is 0.147. The number of hydrogen-bond acceptors (Lipinski definition) is 7. The van der Waals surface area contributed by atoms with Gasteiger partial charge in [-0.25, -0.2) is 4.98 Å². The number of nitro benzene ring substituents is 1. The minimum atomic E-state index is -0.544. The number of aromatic nitrogens is 1. The molecule has 0 atom stereocenters. The molecular weight excluding hydrogens is 430 g/mol. The van der Waals surface area contributed by atoms with Crippen LogP contribution in [0.1, 0.15) is 5.76 Å². The van der Waals surface area contributed by atoms with Gasteiger partial charge in [0.25, 0.3) is 5.69 Å². The van der Waals surface area contributed by atoms with E-state index in [0.717, 1.165) is 14.6 Å². The Morgan fingerprint density at radius 1 is 1.28 bits per heavy atom. The summed E-state index contributed by atoms with van der Waals surface area (Å²) < 4.78 is 7.57. The summed E-state index contributed by atoms with van der Waals surface area (Å²) in [6.07, 6.45) is 1.62. The number of para-hydroxylation sites is 1. The number of rotatable bonds is 5. The number of thioether (sulfide) groups is 1. The molecule has 0 unspecified atom stereocenters. The van der Waals surface area contributed by atoms with Crippen LogP contribution in [0, 0.1) is 21.4 Å². The maximum absolute atomic E-state index is 11.1. The highest BCUT2D eigenvalue weighted by atomic mass is 35.5. The number of thiazole rings is 1. The lowest BCUT2D eigenvalue weighted by molar-refractivity contribution is -0.384. The smallest absolute Gasteiger partial charge is 0.288 e. The van der Waals surface area contributed by atoms with E-state index in [4.69, 9.17) is 16.0 Å². The molecule has 0 radical (unpaired) electrons. The second kappa shape index (κ2) is 8.09. The van der Waals surface area contributed by atoms with Gasteiger partial charge in [-0.1, -0.05) is 23.7 Å². The van der Waals surface area contributed by atoms with Gasteiger partial charge in [-0.15, -0.1) is 11.3 Å². The van der Waals surface area contributed by atoms with Gasteiger partial charge in [-0.3, -0.25) is 10.1 Å². The van der Waals surface area contributed by atoms with Gasteiger partial charge in [-0.2, -0.15) is 5.26 Å². The zero-order valence-corrected chi connectivity index (χ0v) is 16.9. The van der Waals surface area contributed by atoms with E-state index in [2.05, 4.69) is 11.1 Å². The maximum Gasteiger partial charge on any atom is 0.288 e. The number of halogens is 1. The zero-order valence-electron chi connectivity index (χ0n) is 14.5. The average molecular weight is 440 g/mol. The summed E-state index contributed by atoms with van der Waals surface area (Å²) in [5.74, 6) is 0.904. The molecule has 0 bridgehead atoms. The van der Waals surface area contributed by atoms with Crippen molar-refractivity contribution in [2.24, 2.45) is 0 Å². The van der Waals surface area contributed by atoms with Crippen LogP contribution < -0.4 is 0 Å². The average Bonchev–Trinajstić information content (AvgIpc) is 3.34. The van der Waals surface area contributed by atoms with E-state index in [1.165, 1.54) is 35.2 Å². The molecule has 0 aliphatic carbocycles. The summed E-state index contributed by atoms with van der Waals surface area (Å²) in [6.45, 7) is 0. The second-order valence-electron chi connectivity index (χ2n) is 5.80. The zero-order chi connectivity index (χ0) is 20.4. The van der Waals surface area contributed by atoms with Crippen LogP contribution in [0.25, 0.3) is 27.6 Å². The van der Waals surface area contributed by atoms with Crippen molar-refractivity contribution in [2.45, 2.75) is 4.34 Å². The van der Waals surface area contributed by atoms with Gasteiger partial charge in [0.2, 0.25) is 0 Å². The van der Waals surface area contributed by atoms with E-state index in [1.54, 1.807) is 24.3 Å². The van der Waals surface area contributed by atoms with Gasteiger partial charge in [0.15, 0.2) is 4.34 Å². The van der Waals surface area contributed by atoms with Crippen LogP contribution in [0.15, 0.2) is 68.3 Å². The minimum absolute atomic E-state index is 0.0597. The molecule has 9 heteroatoms. The normalized spacial score (nSPS) is 11.5. The Morgan fingerprint density at radius 2 is 2.10 bits per heavy atom. The van der Waals surface area contributed by atoms with Gasteiger partial charge >= 0.3 is 0 Å². The molecule has 0 aliphatic heterocycles. The Morgan fingerprint density at radius 3 is 2.86 bits per heavy atom. The topological polar surface area (TPSA) is 93.0 Å². The summed E-state index contributed by atoms with van der Waals surface area (Å²) in [4.78, 5) is 15.5. The van der Waals surface area contributed by atoms with Crippen LogP contribution in [0.3, 0.4) is 0 Å². The Hall–Kier alpha value is -3.12. The third kappa shape index (κ3) is 4.17. The predicted molar refractivity (Wildman–Crippen MR) is 115 cm³/mol. The maximum atomic E-state index is 11.1. The molecule has 0 saturated carbocycles. The van der Waals surface area contributed by atoms with Crippen LogP contribution in [0.5, 0.6) is 0 Å². The van der Waals surface area contributed by atoms with Crippen molar-refractivity contribution in [3.8, 4) is 17.4 Å². The first-order valence-electron chi connectivity index (χ1n) is 8.23. The number of fused-ring (bicyclic) bond motifs is 1. The van der Waals surface area contributed by atoms with Crippen molar-refractivity contribution in [1.82, 2.24) is 4.98 Å². The molecule has 2 heterocycles. The number of hydrogen-bond donors (Lipinski definition) is 0. The largest absolute Gasteiger partial charge is 0.457 e. The molecule has 0 fully saturated rings. The molecule has 6 nitrogen and oxygen atoms in total. The number of furan rings is 1. The molecule has 4 rings (SSSR count). The summed E-state index contributed by atoms with van der Waals surface area (Å²) in [5, 5.41) is 20.6. The Labute approximate surface area is 178 Å². The second-order valence-corrected chi connectivity index (χ2v) is 8.52. The minimum Gasteiger partial charge on any atom is -0.457 e. The van der Waals surface area contributed by atoms with Crippen LogP contribution in [-0.4, -0.2) is 9.91 Å². The standard InChI is InChI=1S/C20H10ClN3O3S2/c21-15-7-5-12(9-17(15)24(25)26)18-8-6-13(27-18)10-14(11-22)28-20-23-16-3-1-2-4-19(16)29-20/h1-10H/b14-10+. The van der Waals surface area contributed by atoms with Gasteiger partial charge in [-0.05, 0) is 48.2 Å². The monoisotopic (exact) mass is 439 g/mol. The molecule has 2 aromatic heterocycles. The Bertz CT molecular complexity index is 1270. The lowest BCUT2D eigenvalue weighted by atomic mass is 10.1. The fraction of sp³-hybridized carbons (Fsp3) is 0. The summed E-state index contributed by atoms with van der Waals surface area (Å²) >= 11 is 8.63. The first kappa shape index (κ1) is 19.2. The van der Waals surface area contributed by atoms with Crippen LogP contribution >= 0.6 is 34.7 Å². The van der Waals surface area contributed by atoms with E-state index in [-0.39, 0.29) is 10.7 Å². The van der Waals surface area contributed by atoms with Crippen molar-refractivity contribution in [3.05, 3.63) is 80.4 Å². The molecule has 0 spiro atoms. The number of nitriles is 1. The fourth-order valence-electron chi connectivity index (χ4n) is 2.59. The highest BCUT2D eigenvalue weighted by molar-refractivity contribution is 8.05. The van der Waals surface area contributed by atoms with Gasteiger partial charge in [0, 0.05) is 17.7 Å². The first-order chi connectivity index (χ1) is 14.0. The van der Waals surface area contributed by atoms with Crippen molar-refractivity contribution in [2.75, 3.05) is 0 Å². The van der Waals surface area contributed by atoms with Crippen LogP contribution in [0.4, 0.5) is 5.69 Å². The third-order valence-corrected chi connectivity index (χ3v) is 6.25. The lowest BCUT2D eigenvalue weighted by Gasteiger charge is -1.99. The van der Waals surface area contributed by atoms with Crippen LogP contribution in [0.2, 0.25) is 5.02 Å². The molecule has 0 saturated heterocycles. The van der Waals surface area contributed by atoms with E-state index in [1.807, 2.05) is 24.3 Å². The van der Waals surface area contributed by atoms with E-state index < -0.39 is 4.92 Å². The summed E-state index contributed by atoms with van der Waals surface area (Å²) in [5.41, 5.74) is 1.22. The Balaban J connectivity index is 1.59. The number of nitrogens with zero attached hydrogens (tertiary/aromatic N) is 3. The SMILES string of the molecule is N#C/C(=C\c1ccc(-c2ccc(Cl)c([N+](=O)[O-])c2)o1)Sc1nc2ccccc2s1. The van der Waals surface area contributed by atoms with E-state index in [9.17, 15) is 15.4 Å². The van der Waals surface area contributed by atoms with Crippen molar-refractivity contribution >= 4 is 56.7 Å². The summed E-state index contributed by atoms with van der Waals surface area (Å²) in [7, 11) is 0. The molecule has 2 aromatic carbocycles. The van der Waals surface area contributed by atoms with Crippen molar-refractivity contribution in [1.29, 1.82) is 5.26 Å². The van der Waals surface area contributed by atoms with E-state index >= 15 is 0 Å². The first-order valence-corrected chi connectivity index (χ1v) is 10.2. The molecule has 142 valence electrons. The molecule has 4 aromatic rings. The van der Waals surface area contributed by atoms with Gasteiger partial charge < -0.3 is 4.42 Å². The molecule has 29 heavy (non-hydrogen) atoms. The molecule has 0 N–H and O–H groups in total. The van der Waals surface area contributed by atoms with Crippen molar-refractivity contribution in [3.63, 3.8) is 0 Å². The third-order valence-electron chi connectivity index (χ3n) is 3.91. The number of allylic oxidation sites excluding steroid dienone is 1. The van der Waals surface area contributed by atoms with E-state index in [0.29, 0.717) is 22.0 Å². The molecule has 0 amide bonds. The number of benzene rings is 2. The fourth-order valence-corrected chi connectivity index (χ4v) is 4.74. The highest BCUT2D eigenvalue weighted by Crippen LogP contribution is 2.35. The Kier molecular flexibility index (Phi) is 5.36. The molecule has 0 aliphatic rings. The van der Waals surface area contributed by atoms with Crippen LogP contribution in [-0.2, 0) is 0 Å².